The minimum absolute atomic E-state index is 0.00327. The molecule has 1 heterocycles. The van der Waals surface area contributed by atoms with Crippen molar-refractivity contribution >= 4 is 10.9 Å². The van der Waals surface area contributed by atoms with Gasteiger partial charge < -0.3 is 4.74 Å². The standard InChI is InChI=1S/C17H18N2O/c18-12-14-6-2-1-3-9-15(14)20-16-10-4-7-13-8-5-11-19-17(13)16/h4-5,7-8,10-11,14-15H,1-3,6,9H2. The van der Waals surface area contributed by atoms with Gasteiger partial charge in [0.05, 0.1) is 12.0 Å². The van der Waals surface area contributed by atoms with Crippen LogP contribution in [0.15, 0.2) is 36.5 Å². The van der Waals surface area contributed by atoms with Gasteiger partial charge in [-0.25, -0.2) is 0 Å². The molecule has 1 aromatic heterocycles. The second-order valence-corrected chi connectivity index (χ2v) is 5.36. The molecule has 1 aliphatic carbocycles. The Morgan fingerprint density at radius 3 is 2.85 bits per heavy atom. The van der Waals surface area contributed by atoms with Crippen LogP contribution < -0.4 is 4.74 Å². The Morgan fingerprint density at radius 1 is 1.10 bits per heavy atom. The van der Waals surface area contributed by atoms with Gasteiger partial charge in [0.25, 0.3) is 0 Å². The number of hydrogen-bond donors (Lipinski definition) is 0. The number of nitrogens with zero attached hydrogens (tertiary/aromatic N) is 2. The van der Waals surface area contributed by atoms with Crippen LogP contribution >= 0.6 is 0 Å². The number of ether oxygens (including phenoxy) is 1. The molecule has 102 valence electrons. The van der Waals surface area contributed by atoms with Crippen LogP contribution in [0, 0.1) is 17.2 Å². The number of nitriles is 1. The molecule has 3 rings (SSSR count). The predicted molar refractivity (Wildman–Crippen MR) is 78.3 cm³/mol. The molecule has 1 fully saturated rings. The molecule has 0 radical (unpaired) electrons. The summed E-state index contributed by atoms with van der Waals surface area (Å²) in [5.74, 6) is 0.798. The second-order valence-electron chi connectivity index (χ2n) is 5.36. The van der Waals surface area contributed by atoms with E-state index in [-0.39, 0.29) is 12.0 Å². The zero-order valence-electron chi connectivity index (χ0n) is 11.5. The van der Waals surface area contributed by atoms with Crippen LogP contribution in [0.5, 0.6) is 5.75 Å². The molecule has 1 saturated carbocycles. The number of aromatic nitrogens is 1. The topological polar surface area (TPSA) is 45.9 Å². The first-order valence-corrected chi connectivity index (χ1v) is 7.28. The number of benzene rings is 1. The van der Waals surface area contributed by atoms with Gasteiger partial charge >= 0.3 is 0 Å². The largest absolute Gasteiger partial charge is 0.487 e. The van der Waals surface area contributed by atoms with Crippen LogP contribution in [0.4, 0.5) is 0 Å². The normalized spacial score (nSPS) is 22.9. The van der Waals surface area contributed by atoms with E-state index < -0.39 is 0 Å². The average molecular weight is 266 g/mol. The van der Waals surface area contributed by atoms with Crippen molar-refractivity contribution in [1.82, 2.24) is 4.98 Å². The molecular weight excluding hydrogens is 248 g/mol. The Bertz CT molecular complexity index is 627. The highest BCUT2D eigenvalue weighted by atomic mass is 16.5. The van der Waals surface area contributed by atoms with Gasteiger partial charge in [-0.1, -0.05) is 31.0 Å². The molecule has 0 spiro atoms. The van der Waals surface area contributed by atoms with Crippen LogP contribution in [-0.4, -0.2) is 11.1 Å². The minimum atomic E-state index is -0.00453. The fourth-order valence-corrected chi connectivity index (χ4v) is 2.90. The molecule has 20 heavy (non-hydrogen) atoms. The van der Waals surface area contributed by atoms with Crippen molar-refractivity contribution in [2.75, 3.05) is 0 Å². The van der Waals surface area contributed by atoms with E-state index in [4.69, 9.17) is 4.74 Å². The summed E-state index contributed by atoms with van der Waals surface area (Å²) in [6.07, 6.45) is 7.15. The Balaban J connectivity index is 1.90. The SMILES string of the molecule is N#CC1CCCCCC1Oc1cccc2cccnc12. The van der Waals surface area contributed by atoms with Crippen molar-refractivity contribution in [3.05, 3.63) is 36.5 Å². The molecule has 1 aromatic carbocycles. The molecule has 3 nitrogen and oxygen atoms in total. The average Bonchev–Trinajstić information content (AvgIpc) is 2.72. The lowest BCUT2D eigenvalue weighted by Gasteiger charge is -2.21. The summed E-state index contributed by atoms with van der Waals surface area (Å²) >= 11 is 0. The van der Waals surface area contributed by atoms with Gasteiger partial charge in [-0.15, -0.1) is 0 Å². The van der Waals surface area contributed by atoms with Crippen LogP contribution in [0.25, 0.3) is 10.9 Å². The molecule has 0 aliphatic heterocycles. The van der Waals surface area contributed by atoms with E-state index in [1.807, 2.05) is 30.3 Å². The molecule has 2 aromatic rings. The fraction of sp³-hybridized carbons (Fsp3) is 0.412. The van der Waals surface area contributed by atoms with Crippen molar-refractivity contribution in [3.8, 4) is 11.8 Å². The summed E-state index contributed by atoms with van der Waals surface area (Å²) in [6, 6.07) is 12.3. The van der Waals surface area contributed by atoms with Crippen molar-refractivity contribution in [3.63, 3.8) is 0 Å². The monoisotopic (exact) mass is 266 g/mol. The minimum Gasteiger partial charge on any atom is -0.487 e. The number of para-hydroxylation sites is 1. The van der Waals surface area contributed by atoms with E-state index in [1.54, 1.807) is 6.20 Å². The van der Waals surface area contributed by atoms with Crippen molar-refractivity contribution in [2.24, 2.45) is 5.92 Å². The number of fused-ring (bicyclic) bond motifs is 1. The van der Waals surface area contributed by atoms with Gasteiger partial charge in [0.2, 0.25) is 0 Å². The fourth-order valence-electron chi connectivity index (χ4n) is 2.90. The van der Waals surface area contributed by atoms with Crippen molar-refractivity contribution in [1.29, 1.82) is 5.26 Å². The number of rotatable bonds is 2. The van der Waals surface area contributed by atoms with Crippen molar-refractivity contribution in [2.45, 2.75) is 38.2 Å². The summed E-state index contributed by atoms with van der Waals surface area (Å²) in [5, 5.41) is 10.4. The van der Waals surface area contributed by atoms with Crippen LogP contribution in [-0.2, 0) is 0 Å². The van der Waals surface area contributed by atoms with Gasteiger partial charge in [0.15, 0.2) is 0 Å². The molecule has 2 unspecified atom stereocenters. The lowest BCUT2D eigenvalue weighted by atomic mass is 9.99. The smallest absolute Gasteiger partial charge is 0.146 e. The quantitative estimate of drug-likeness (QED) is 0.769. The van der Waals surface area contributed by atoms with Crippen LogP contribution in [0.3, 0.4) is 0 Å². The van der Waals surface area contributed by atoms with Gasteiger partial charge in [-0.3, -0.25) is 4.98 Å². The lowest BCUT2D eigenvalue weighted by molar-refractivity contribution is 0.154. The van der Waals surface area contributed by atoms with Crippen molar-refractivity contribution < 1.29 is 4.74 Å². The summed E-state index contributed by atoms with van der Waals surface area (Å²) in [7, 11) is 0. The van der Waals surface area contributed by atoms with Gasteiger partial charge in [0, 0.05) is 11.6 Å². The van der Waals surface area contributed by atoms with E-state index in [0.29, 0.717) is 0 Å². The van der Waals surface area contributed by atoms with E-state index in [0.717, 1.165) is 42.3 Å². The van der Waals surface area contributed by atoms with E-state index in [2.05, 4.69) is 11.1 Å². The maximum Gasteiger partial charge on any atom is 0.146 e. The third-order valence-corrected chi connectivity index (χ3v) is 3.99. The maximum atomic E-state index is 9.33. The summed E-state index contributed by atoms with van der Waals surface area (Å²) in [4.78, 5) is 4.41. The predicted octanol–water partition coefficient (Wildman–Crippen LogP) is 4.09. The zero-order chi connectivity index (χ0) is 13.8. The third-order valence-electron chi connectivity index (χ3n) is 3.99. The third kappa shape index (κ3) is 2.60. The van der Waals surface area contributed by atoms with E-state index >= 15 is 0 Å². The van der Waals surface area contributed by atoms with E-state index in [9.17, 15) is 5.26 Å². The Hall–Kier alpha value is -2.08. The first kappa shape index (κ1) is 12.9. The first-order valence-electron chi connectivity index (χ1n) is 7.28. The molecule has 3 heteroatoms. The van der Waals surface area contributed by atoms with Gasteiger partial charge in [0.1, 0.15) is 17.4 Å². The summed E-state index contributed by atoms with van der Waals surface area (Å²) in [5.41, 5.74) is 0.885. The van der Waals surface area contributed by atoms with Gasteiger partial charge in [-0.05, 0) is 31.4 Å². The van der Waals surface area contributed by atoms with E-state index in [1.165, 1.54) is 6.42 Å². The number of pyridine rings is 1. The summed E-state index contributed by atoms with van der Waals surface area (Å²) in [6.45, 7) is 0. The highest BCUT2D eigenvalue weighted by Gasteiger charge is 2.25. The molecule has 0 saturated heterocycles. The zero-order valence-corrected chi connectivity index (χ0v) is 11.5. The summed E-state index contributed by atoms with van der Waals surface area (Å²) < 4.78 is 6.17. The molecule has 2 atom stereocenters. The van der Waals surface area contributed by atoms with Crippen LogP contribution in [0.1, 0.15) is 32.1 Å². The first-order chi connectivity index (χ1) is 9.88. The van der Waals surface area contributed by atoms with Crippen LogP contribution in [0.2, 0.25) is 0 Å². The Kier molecular flexibility index (Phi) is 3.83. The molecular formula is C17H18N2O. The highest BCUT2D eigenvalue weighted by molar-refractivity contribution is 5.84. The molecule has 1 aliphatic rings. The highest BCUT2D eigenvalue weighted by Crippen LogP contribution is 2.30. The molecule has 0 amide bonds. The Labute approximate surface area is 119 Å². The Morgan fingerprint density at radius 2 is 1.95 bits per heavy atom. The van der Waals surface area contributed by atoms with Gasteiger partial charge in [-0.2, -0.15) is 5.26 Å². The second kappa shape index (κ2) is 5.92. The molecule has 0 N–H and O–H groups in total. The lowest BCUT2D eigenvalue weighted by Crippen LogP contribution is -2.25. The molecule has 0 bridgehead atoms. The number of hydrogen-bond acceptors (Lipinski definition) is 3. The maximum absolute atomic E-state index is 9.33.